The molecule has 0 heterocycles. The normalized spacial score (nSPS) is 10.8. The lowest BCUT2D eigenvalue weighted by Gasteiger charge is -2.21. The van der Waals surface area contributed by atoms with Gasteiger partial charge in [-0.25, -0.2) is 0 Å². The van der Waals surface area contributed by atoms with Crippen LogP contribution in [0.15, 0.2) is 0 Å². The van der Waals surface area contributed by atoms with Crippen molar-refractivity contribution in [3.05, 3.63) is 0 Å². The average Bonchev–Trinajstić information content (AvgIpc) is 2.30. The fourth-order valence-electron chi connectivity index (χ4n) is 2.19. The highest BCUT2D eigenvalue weighted by Gasteiger charge is 2.10. The van der Waals surface area contributed by atoms with Crippen molar-refractivity contribution in [1.29, 1.82) is 0 Å². The van der Waals surface area contributed by atoms with Crippen molar-refractivity contribution < 1.29 is 9.90 Å². The summed E-state index contributed by atoms with van der Waals surface area (Å²) >= 11 is 0. The number of halogens is 1. The molecule has 5 N–H and O–H groups in total. The van der Waals surface area contributed by atoms with E-state index in [0.717, 1.165) is 19.4 Å². The third kappa shape index (κ3) is 15.7. The summed E-state index contributed by atoms with van der Waals surface area (Å²) in [6.45, 7) is 3.47. The van der Waals surface area contributed by atoms with E-state index in [9.17, 15) is 4.79 Å². The minimum atomic E-state index is -0.819. The van der Waals surface area contributed by atoms with Crippen LogP contribution >= 0.6 is 12.4 Å². The van der Waals surface area contributed by atoms with Crippen LogP contribution in [0.2, 0.25) is 0 Å². The standard InChI is InChI=1S/C14H31N3O2.ClH/c1-2-3-4-5-6-7-8-9-10-17(11-13(15)16)12-14(18)19;/h13H,2-12,15-16H2,1H3,(H,18,19);1H. The summed E-state index contributed by atoms with van der Waals surface area (Å²) < 4.78 is 0. The molecule has 0 aliphatic carbocycles. The number of carboxylic acids is 1. The van der Waals surface area contributed by atoms with E-state index in [0.29, 0.717) is 6.54 Å². The molecular weight excluding hydrogens is 278 g/mol. The zero-order valence-corrected chi connectivity index (χ0v) is 13.5. The molecule has 0 rings (SSSR count). The first-order valence-corrected chi connectivity index (χ1v) is 7.51. The summed E-state index contributed by atoms with van der Waals surface area (Å²) in [5, 5.41) is 8.80. The molecule has 0 bridgehead atoms. The number of carbonyl (C=O) groups is 1. The maximum Gasteiger partial charge on any atom is 0.317 e. The van der Waals surface area contributed by atoms with Crippen LogP contribution in [0.5, 0.6) is 0 Å². The summed E-state index contributed by atoms with van der Waals surface area (Å²) in [6, 6.07) is 0. The van der Waals surface area contributed by atoms with E-state index in [1.54, 1.807) is 0 Å². The number of nitrogens with two attached hydrogens (primary N) is 2. The lowest BCUT2D eigenvalue weighted by atomic mass is 10.1. The Kier molecular flexibility index (Phi) is 16.5. The van der Waals surface area contributed by atoms with Gasteiger partial charge in [0.05, 0.1) is 12.7 Å². The average molecular weight is 310 g/mol. The zero-order valence-electron chi connectivity index (χ0n) is 12.7. The predicted octanol–water partition coefficient (Wildman–Crippen LogP) is 2.18. The maximum absolute atomic E-state index is 10.7. The number of carboxylic acid groups (broad SMARTS) is 1. The van der Waals surface area contributed by atoms with Gasteiger partial charge >= 0.3 is 5.97 Å². The van der Waals surface area contributed by atoms with E-state index in [1.807, 2.05) is 4.90 Å². The molecule has 0 atom stereocenters. The smallest absolute Gasteiger partial charge is 0.317 e. The van der Waals surface area contributed by atoms with E-state index in [-0.39, 0.29) is 19.0 Å². The van der Waals surface area contributed by atoms with Crippen LogP contribution in [0.25, 0.3) is 0 Å². The van der Waals surface area contributed by atoms with Gasteiger partial charge in [0, 0.05) is 6.54 Å². The molecule has 0 aromatic carbocycles. The van der Waals surface area contributed by atoms with Crippen LogP contribution in [0.1, 0.15) is 58.3 Å². The second kappa shape index (κ2) is 15.0. The quantitative estimate of drug-likeness (QED) is 0.358. The molecule has 6 heteroatoms. The Labute approximate surface area is 129 Å². The third-order valence-corrected chi connectivity index (χ3v) is 3.16. The van der Waals surface area contributed by atoms with E-state index in [2.05, 4.69) is 6.92 Å². The van der Waals surface area contributed by atoms with Crippen LogP contribution < -0.4 is 11.5 Å². The van der Waals surface area contributed by atoms with Crippen molar-refractivity contribution in [3.63, 3.8) is 0 Å². The SMILES string of the molecule is CCCCCCCCCCN(CC(=O)O)CC(N)N.Cl. The van der Waals surface area contributed by atoms with Crippen LogP contribution in [0, 0.1) is 0 Å². The molecule has 0 saturated heterocycles. The molecule has 0 aromatic rings. The highest BCUT2D eigenvalue weighted by atomic mass is 35.5. The van der Waals surface area contributed by atoms with Crippen molar-refractivity contribution in [2.24, 2.45) is 11.5 Å². The summed E-state index contributed by atoms with van der Waals surface area (Å²) in [7, 11) is 0. The highest BCUT2D eigenvalue weighted by Crippen LogP contribution is 2.08. The number of hydrogen-bond acceptors (Lipinski definition) is 4. The van der Waals surface area contributed by atoms with Gasteiger partial charge in [0.1, 0.15) is 0 Å². The minimum absolute atomic E-state index is 0. The molecular formula is C14H32ClN3O2. The predicted molar refractivity (Wildman–Crippen MR) is 86.1 cm³/mol. The number of unbranched alkanes of at least 4 members (excludes halogenated alkanes) is 7. The largest absolute Gasteiger partial charge is 0.480 e. The fourth-order valence-corrected chi connectivity index (χ4v) is 2.19. The van der Waals surface area contributed by atoms with E-state index in [4.69, 9.17) is 16.6 Å². The molecule has 0 amide bonds. The highest BCUT2D eigenvalue weighted by molar-refractivity contribution is 5.85. The first-order valence-electron chi connectivity index (χ1n) is 7.51. The zero-order chi connectivity index (χ0) is 14.5. The Morgan fingerprint density at radius 2 is 1.55 bits per heavy atom. The lowest BCUT2D eigenvalue weighted by molar-refractivity contribution is -0.138. The lowest BCUT2D eigenvalue weighted by Crippen LogP contribution is -2.45. The first kappa shape index (κ1) is 21.9. The number of rotatable bonds is 13. The number of aliphatic carboxylic acids is 1. The van der Waals surface area contributed by atoms with E-state index < -0.39 is 12.1 Å². The third-order valence-electron chi connectivity index (χ3n) is 3.16. The molecule has 0 aliphatic heterocycles. The molecule has 0 radical (unpaired) electrons. The van der Waals surface area contributed by atoms with Crippen molar-refractivity contribution in [2.45, 2.75) is 64.5 Å². The summed E-state index contributed by atoms with van der Waals surface area (Å²) in [4.78, 5) is 12.5. The summed E-state index contributed by atoms with van der Waals surface area (Å²) in [6.07, 6.45) is 9.51. The van der Waals surface area contributed by atoms with Crippen molar-refractivity contribution >= 4 is 18.4 Å². The number of nitrogens with zero attached hydrogens (tertiary/aromatic N) is 1. The van der Waals surface area contributed by atoms with Crippen molar-refractivity contribution in [1.82, 2.24) is 4.90 Å². The molecule has 0 aliphatic rings. The van der Waals surface area contributed by atoms with Gasteiger partial charge in [0.25, 0.3) is 0 Å². The van der Waals surface area contributed by atoms with Gasteiger partial charge in [-0.1, -0.05) is 51.9 Å². The van der Waals surface area contributed by atoms with Crippen LogP contribution in [-0.4, -0.2) is 41.8 Å². The van der Waals surface area contributed by atoms with Gasteiger partial charge in [0.2, 0.25) is 0 Å². The van der Waals surface area contributed by atoms with Gasteiger partial charge in [-0.2, -0.15) is 0 Å². The Morgan fingerprint density at radius 3 is 2.00 bits per heavy atom. The van der Waals surface area contributed by atoms with Gasteiger partial charge in [-0.3, -0.25) is 9.69 Å². The second-order valence-corrected chi connectivity index (χ2v) is 5.27. The maximum atomic E-state index is 10.7. The van der Waals surface area contributed by atoms with Crippen LogP contribution in [-0.2, 0) is 4.79 Å². The Hall–Kier alpha value is -0.360. The van der Waals surface area contributed by atoms with Crippen LogP contribution in [0.4, 0.5) is 0 Å². The fraction of sp³-hybridized carbons (Fsp3) is 0.929. The molecule has 20 heavy (non-hydrogen) atoms. The second-order valence-electron chi connectivity index (χ2n) is 5.27. The Morgan fingerprint density at radius 1 is 1.05 bits per heavy atom. The van der Waals surface area contributed by atoms with Gasteiger partial charge in [-0.05, 0) is 13.0 Å². The molecule has 0 aromatic heterocycles. The van der Waals surface area contributed by atoms with Crippen molar-refractivity contribution in [3.8, 4) is 0 Å². The van der Waals surface area contributed by atoms with Gasteiger partial charge in [0.15, 0.2) is 0 Å². The summed E-state index contributed by atoms with van der Waals surface area (Å²) in [5.41, 5.74) is 11.0. The molecule has 0 spiro atoms. The number of hydrogen-bond donors (Lipinski definition) is 3. The van der Waals surface area contributed by atoms with E-state index >= 15 is 0 Å². The monoisotopic (exact) mass is 309 g/mol. The van der Waals surface area contributed by atoms with Gasteiger partial charge in [-0.15, -0.1) is 12.4 Å². The minimum Gasteiger partial charge on any atom is -0.480 e. The topological polar surface area (TPSA) is 92.6 Å². The molecule has 122 valence electrons. The Bertz CT molecular complexity index is 228. The molecule has 0 fully saturated rings. The van der Waals surface area contributed by atoms with Gasteiger partial charge < -0.3 is 16.6 Å². The summed E-state index contributed by atoms with van der Waals surface area (Å²) in [5.74, 6) is -0.819. The first-order chi connectivity index (χ1) is 9.06. The van der Waals surface area contributed by atoms with Crippen LogP contribution in [0.3, 0.4) is 0 Å². The molecule has 0 saturated carbocycles. The van der Waals surface area contributed by atoms with Crippen molar-refractivity contribution in [2.75, 3.05) is 19.6 Å². The van der Waals surface area contributed by atoms with E-state index in [1.165, 1.54) is 38.5 Å². The Balaban J connectivity index is 0. The molecule has 5 nitrogen and oxygen atoms in total. The molecule has 0 unspecified atom stereocenters.